The van der Waals surface area contributed by atoms with Crippen molar-refractivity contribution >= 4 is 23.4 Å². The highest BCUT2D eigenvalue weighted by Gasteiger charge is 2.08. The topological polar surface area (TPSA) is 163 Å². The number of rotatable bonds is 5. The van der Waals surface area contributed by atoms with Crippen LogP contribution in [0.25, 0.3) is 5.65 Å². The van der Waals surface area contributed by atoms with E-state index < -0.39 is 5.97 Å². The van der Waals surface area contributed by atoms with Crippen molar-refractivity contribution in [2.24, 2.45) is 5.84 Å². The zero-order valence-electron chi connectivity index (χ0n) is 18.6. The first-order valence-electron chi connectivity index (χ1n) is 10.4. The summed E-state index contributed by atoms with van der Waals surface area (Å²) < 4.78 is 15.8. The van der Waals surface area contributed by atoms with Gasteiger partial charge < -0.3 is 19.6 Å². The van der Waals surface area contributed by atoms with E-state index >= 15 is 0 Å². The molecule has 0 bridgehead atoms. The van der Waals surface area contributed by atoms with Crippen molar-refractivity contribution in [1.29, 1.82) is 0 Å². The maximum Gasteiger partial charge on any atom is 0.347 e. The molecule has 4 heterocycles. The zero-order valence-corrected chi connectivity index (χ0v) is 18.6. The minimum absolute atomic E-state index is 0.303. The number of carbonyl (C=O) groups is 2. The molecule has 1 fully saturated rings. The van der Waals surface area contributed by atoms with Crippen LogP contribution >= 0.6 is 0 Å². The van der Waals surface area contributed by atoms with Crippen LogP contribution in [0.3, 0.4) is 0 Å². The Balaban J connectivity index is 0.000000195. The van der Waals surface area contributed by atoms with Crippen molar-refractivity contribution in [2.45, 2.75) is 26.7 Å². The standard InChI is InChI=1S/C9H9N3O3.C8H11N3O2.C4H8O/c1-2-15-8(13)6-3-4-7-10-11-9(14)12(7)5-6;1-2-13-8(12)6-3-4-7(11-9)10-5-6;1-2-4-5-3-1/h3-5H,2H2,1H3,(H,11,14);3-5H,2,9H2,1H3,(H,10,11);1-4H2. The Morgan fingerprint density at radius 2 is 1.73 bits per heavy atom. The number of ether oxygens (including phenoxy) is 3. The average Bonchev–Trinajstić information content (AvgIpc) is 3.54. The van der Waals surface area contributed by atoms with E-state index in [4.69, 9.17) is 20.1 Å². The molecule has 0 spiro atoms. The number of H-pyrrole nitrogens is 1. The molecule has 33 heavy (non-hydrogen) atoms. The highest BCUT2D eigenvalue weighted by atomic mass is 16.5. The number of nitrogens with zero attached hydrogens (tertiary/aromatic N) is 3. The van der Waals surface area contributed by atoms with Crippen LogP contribution in [0.15, 0.2) is 41.5 Å². The van der Waals surface area contributed by atoms with Crippen LogP contribution in [0.5, 0.6) is 0 Å². The number of hydrazine groups is 1. The second kappa shape index (κ2) is 13.6. The molecule has 3 aromatic rings. The minimum Gasteiger partial charge on any atom is -0.462 e. The number of pyridine rings is 2. The summed E-state index contributed by atoms with van der Waals surface area (Å²) in [5, 5.41) is 6.02. The van der Waals surface area contributed by atoms with E-state index in [2.05, 4.69) is 20.6 Å². The van der Waals surface area contributed by atoms with Gasteiger partial charge in [-0.1, -0.05) is 0 Å². The summed E-state index contributed by atoms with van der Waals surface area (Å²) in [5.74, 6) is 4.79. The number of nitrogens with one attached hydrogen (secondary N) is 2. The highest BCUT2D eigenvalue weighted by molar-refractivity contribution is 5.89. The lowest BCUT2D eigenvalue weighted by molar-refractivity contribution is 0.0516. The first-order chi connectivity index (χ1) is 16.0. The number of fused-ring (bicyclic) bond motifs is 1. The largest absolute Gasteiger partial charge is 0.462 e. The smallest absolute Gasteiger partial charge is 0.347 e. The van der Waals surface area contributed by atoms with Gasteiger partial charge in [0, 0.05) is 25.6 Å². The van der Waals surface area contributed by atoms with Gasteiger partial charge in [0.2, 0.25) is 0 Å². The monoisotopic (exact) mass is 460 g/mol. The molecule has 0 unspecified atom stereocenters. The lowest BCUT2D eigenvalue weighted by atomic mass is 10.3. The number of nitrogen functional groups attached to an aromatic ring is 1. The van der Waals surface area contributed by atoms with E-state index in [0.717, 1.165) is 13.2 Å². The number of anilines is 1. The highest BCUT2D eigenvalue weighted by Crippen LogP contribution is 2.05. The van der Waals surface area contributed by atoms with Crippen molar-refractivity contribution in [2.75, 3.05) is 31.9 Å². The van der Waals surface area contributed by atoms with Crippen LogP contribution < -0.4 is 17.0 Å². The molecular formula is C21H28N6O6. The molecule has 0 aliphatic carbocycles. The third kappa shape index (κ3) is 8.01. The van der Waals surface area contributed by atoms with E-state index in [1.807, 2.05) is 0 Å². The fraction of sp³-hybridized carbons (Fsp3) is 0.381. The number of esters is 2. The normalized spacial score (nSPS) is 12.1. The van der Waals surface area contributed by atoms with Crippen molar-refractivity contribution in [3.05, 3.63) is 58.3 Å². The molecule has 0 radical (unpaired) electrons. The molecule has 0 saturated carbocycles. The summed E-state index contributed by atoms with van der Waals surface area (Å²) in [4.78, 5) is 37.6. The Morgan fingerprint density at radius 1 is 1.09 bits per heavy atom. The first-order valence-corrected chi connectivity index (χ1v) is 10.4. The zero-order chi connectivity index (χ0) is 24.1. The fourth-order valence-electron chi connectivity index (χ4n) is 2.57. The van der Waals surface area contributed by atoms with Gasteiger partial charge in [-0.3, -0.25) is 0 Å². The van der Waals surface area contributed by atoms with Gasteiger partial charge in [-0.25, -0.2) is 34.7 Å². The molecule has 1 aliphatic heterocycles. The maximum atomic E-state index is 11.4. The molecular weight excluding hydrogens is 432 g/mol. The number of nitrogens with two attached hydrogens (primary N) is 1. The lowest BCUT2D eigenvalue weighted by Crippen LogP contribution is -2.12. The molecule has 178 valence electrons. The van der Waals surface area contributed by atoms with Gasteiger partial charge in [-0.05, 0) is 51.0 Å². The van der Waals surface area contributed by atoms with Gasteiger partial charge in [0.1, 0.15) is 5.82 Å². The Bertz CT molecular complexity index is 1070. The third-order valence-corrected chi connectivity index (χ3v) is 4.17. The maximum absolute atomic E-state index is 11.4. The van der Waals surface area contributed by atoms with Crippen molar-refractivity contribution < 1.29 is 23.8 Å². The van der Waals surface area contributed by atoms with Crippen molar-refractivity contribution in [3.8, 4) is 0 Å². The van der Waals surface area contributed by atoms with Gasteiger partial charge in [0.05, 0.1) is 24.3 Å². The van der Waals surface area contributed by atoms with Crippen molar-refractivity contribution in [1.82, 2.24) is 19.6 Å². The molecule has 12 nitrogen and oxygen atoms in total. The van der Waals surface area contributed by atoms with E-state index in [9.17, 15) is 14.4 Å². The number of hydrogen-bond donors (Lipinski definition) is 3. The lowest BCUT2D eigenvalue weighted by Gasteiger charge is -2.01. The van der Waals surface area contributed by atoms with Crippen LogP contribution in [-0.2, 0) is 14.2 Å². The minimum atomic E-state index is -0.451. The summed E-state index contributed by atoms with van der Waals surface area (Å²) in [5.41, 5.74) is 3.19. The van der Waals surface area contributed by atoms with E-state index in [0.29, 0.717) is 35.8 Å². The predicted octanol–water partition coefficient (Wildman–Crippen LogP) is 1.54. The number of carbonyl (C=O) groups excluding carboxylic acids is 2. The number of aromatic nitrogens is 4. The molecule has 1 aliphatic rings. The Kier molecular flexibility index (Phi) is 10.5. The predicted molar refractivity (Wildman–Crippen MR) is 120 cm³/mol. The number of aromatic amines is 1. The molecule has 4 N–H and O–H groups in total. The van der Waals surface area contributed by atoms with Crippen LogP contribution in [0.2, 0.25) is 0 Å². The number of hydrogen-bond acceptors (Lipinski definition) is 10. The Labute approximate surface area is 190 Å². The molecule has 0 aromatic carbocycles. The van der Waals surface area contributed by atoms with Gasteiger partial charge in [-0.2, -0.15) is 5.10 Å². The molecule has 12 heteroatoms. The van der Waals surface area contributed by atoms with Crippen molar-refractivity contribution in [3.63, 3.8) is 0 Å². The van der Waals surface area contributed by atoms with Gasteiger partial charge in [-0.15, -0.1) is 0 Å². The molecule has 4 rings (SSSR count). The summed E-state index contributed by atoms with van der Waals surface area (Å²) in [6, 6.07) is 6.34. The fourth-order valence-corrected chi connectivity index (χ4v) is 2.57. The summed E-state index contributed by atoms with van der Waals surface area (Å²) in [6.45, 7) is 6.13. The molecule has 3 aromatic heterocycles. The van der Waals surface area contributed by atoms with Gasteiger partial charge in [0.25, 0.3) is 0 Å². The van der Waals surface area contributed by atoms with Gasteiger partial charge in [0.15, 0.2) is 5.65 Å². The van der Waals surface area contributed by atoms with Crippen LogP contribution in [-0.4, -0.2) is 57.9 Å². The quantitative estimate of drug-likeness (QED) is 0.289. The summed E-state index contributed by atoms with van der Waals surface area (Å²) >= 11 is 0. The molecule has 0 atom stereocenters. The second-order valence-corrected chi connectivity index (χ2v) is 6.51. The van der Waals surface area contributed by atoms with Gasteiger partial charge >= 0.3 is 17.6 Å². The average molecular weight is 460 g/mol. The van der Waals surface area contributed by atoms with Crippen LogP contribution in [0.4, 0.5) is 5.82 Å². The van der Waals surface area contributed by atoms with E-state index in [-0.39, 0.29) is 11.7 Å². The van der Waals surface area contributed by atoms with E-state index in [1.165, 1.54) is 29.6 Å². The third-order valence-electron chi connectivity index (χ3n) is 4.17. The van der Waals surface area contributed by atoms with Crippen LogP contribution in [0.1, 0.15) is 47.4 Å². The Morgan fingerprint density at radius 3 is 2.24 bits per heavy atom. The Hall–Kier alpha value is -3.77. The molecule has 1 saturated heterocycles. The van der Waals surface area contributed by atoms with Crippen LogP contribution in [0, 0.1) is 0 Å². The summed E-state index contributed by atoms with van der Waals surface area (Å²) in [7, 11) is 0. The SMILES string of the molecule is C1CCOC1.CCOC(=O)c1ccc(NN)nc1.CCOC(=O)c1ccc2n[nH]c(=O)n2c1. The first kappa shape index (κ1) is 25.5. The van der Waals surface area contributed by atoms with E-state index in [1.54, 1.807) is 38.1 Å². The summed E-state index contributed by atoms with van der Waals surface area (Å²) in [6.07, 6.45) is 5.37. The molecule has 0 amide bonds. The second-order valence-electron chi connectivity index (χ2n) is 6.51.